The number of ketones is 1. The van der Waals surface area contributed by atoms with E-state index in [2.05, 4.69) is 5.32 Å². The Labute approximate surface area is 130 Å². The third kappa shape index (κ3) is 4.13. The van der Waals surface area contributed by atoms with Gasteiger partial charge in [-0.2, -0.15) is 0 Å². The second-order valence-electron chi connectivity index (χ2n) is 5.77. The number of carbonyl (C=O) groups is 2. The SMILES string of the molecule is COc1cc(C(=O)NCC(=O)C(C)(C)C)cc(OC)c1OC. The molecule has 6 nitrogen and oxygen atoms in total. The molecule has 0 aliphatic heterocycles. The number of ether oxygens (including phenoxy) is 3. The van der Waals surface area contributed by atoms with Gasteiger partial charge in [-0.1, -0.05) is 20.8 Å². The first-order valence-electron chi connectivity index (χ1n) is 6.86. The Morgan fingerprint density at radius 1 is 1.00 bits per heavy atom. The van der Waals surface area contributed by atoms with Gasteiger partial charge in [0.1, 0.15) is 0 Å². The number of nitrogens with one attached hydrogen (secondary N) is 1. The van der Waals surface area contributed by atoms with Gasteiger partial charge in [-0.05, 0) is 12.1 Å². The van der Waals surface area contributed by atoms with E-state index in [4.69, 9.17) is 14.2 Å². The maximum Gasteiger partial charge on any atom is 0.251 e. The van der Waals surface area contributed by atoms with Crippen LogP contribution in [0.25, 0.3) is 0 Å². The van der Waals surface area contributed by atoms with E-state index in [9.17, 15) is 9.59 Å². The summed E-state index contributed by atoms with van der Waals surface area (Å²) in [7, 11) is 4.44. The summed E-state index contributed by atoms with van der Waals surface area (Å²) in [5.41, 5.74) is -0.168. The van der Waals surface area contributed by atoms with Crippen molar-refractivity contribution in [2.75, 3.05) is 27.9 Å². The highest BCUT2D eigenvalue weighted by Gasteiger charge is 2.22. The van der Waals surface area contributed by atoms with Crippen LogP contribution < -0.4 is 19.5 Å². The fourth-order valence-electron chi connectivity index (χ4n) is 1.74. The molecule has 6 heteroatoms. The molecule has 0 heterocycles. The highest BCUT2D eigenvalue weighted by molar-refractivity contribution is 5.98. The molecule has 122 valence electrons. The molecule has 0 aliphatic carbocycles. The summed E-state index contributed by atoms with van der Waals surface area (Å²) in [4.78, 5) is 24.1. The molecule has 0 atom stereocenters. The van der Waals surface area contributed by atoms with E-state index in [-0.39, 0.29) is 18.2 Å². The van der Waals surface area contributed by atoms with E-state index in [0.29, 0.717) is 22.8 Å². The summed E-state index contributed by atoms with van der Waals surface area (Å²) in [5.74, 6) is 0.751. The van der Waals surface area contributed by atoms with Crippen LogP contribution in [-0.4, -0.2) is 39.6 Å². The van der Waals surface area contributed by atoms with Crippen molar-refractivity contribution in [3.8, 4) is 17.2 Å². The molecular weight excluding hydrogens is 286 g/mol. The molecule has 0 bridgehead atoms. The summed E-state index contributed by atoms with van der Waals surface area (Å²) in [5, 5.41) is 2.60. The van der Waals surface area contributed by atoms with Gasteiger partial charge in [-0.15, -0.1) is 0 Å². The van der Waals surface area contributed by atoms with Gasteiger partial charge in [0.15, 0.2) is 17.3 Å². The molecule has 0 aliphatic rings. The van der Waals surface area contributed by atoms with E-state index >= 15 is 0 Å². The molecule has 0 aromatic heterocycles. The molecule has 1 aromatic rings. The fourth-order valence-corrected chi connectivity index (χ4v) is 1.74. The van der Waals surface area contributed by atoms with E-state index in [1.807, 2.05) is 0 Å². The van der Waals surface area contributed by atoms with Gasteiger partial charge in [-0.3, -0.25) is 9.59 Å². The second kappa shape index (κ2) is 7.15. The zero-order valence-electron chi connectivity index (χ0n) is 13.9. The van der Waals surface area contributed by atoms with Crippen molar-refractivity contribution in [2.24, 2.45) is 5.41 Å². The average Bonchev–Trinajstić information content (AvgIpc) is 2.49. The highest BCUT2D eigenvalue weighted by Crippen LogP contribution is 2.38. The average molecular weight is 309 g/mol. The number of rotatable bonds is 6. The van der Waals surface area contributed by atoms with Gasteiger partial charge in [0, 0.05) is 11.0 Å². The second-order valence-corrected chi connectivity index (χ2v) is 5.77. The van der Waals surface area contributed by atoms with E-state index in [1.54, 1.807) is 20.8 Å². The summed E-state index contributed by atoms with van der Waals surface area (Å²) in [6, 6.07) is 3.08. The molecule has 0 saturated heterocycles. The van der Waals surface area contributed by atoms with Crippen LogP contribution in [0, 0.1) is 5.41 Å². The van der Waals surface area contributed by atoms with E-state index in [1.165, 1.54) is 33.5 Å². The summed E-state index contributed by atoms with van der Waals surface area (Å²) in [6.07, 6.45) is 0. The van der Waals surface area contributed by atoms with E-state index in [0.717, 1.165) is 0 Å². The minimum atomic E-state index is -0.497. The Bertz CT molecular complexity index is 535. The Hall–Kier alpha value is -2.24. The van der Waals surface area contributed by atoms with Crippen LogP contribution in [-0.2, 0) is 4.79 Å². The lowest BCUT2D eigenvalue weighted by atomic mass is 9.91. The topological polar surface area (TPSA) is 73.9 Å². The van der Waals surface area contributed by atoms with Crippen molar-refractivity contribution >= 4 is 11.7 Å². The summed E-state index contributed by atoms with van der Waals surface area (Å²) in [6.45, 7) is 5.39. The quantitative estimate of drug-likeness (QED) is 0.870. The largest absolute Gasteiger partial charge is 0.493 e. The predicted molar refractivity (Wildman–Crippen MR) is 82.9 cm³/mol. The zero-order valence-corrected chi connectivity index (χ0v) is 13.9. The number of amides is 1. The smallest absolute Gasteiger partial charge is 0.251 e. The normalized spacial score (nSPS) is 10.8. The van der Waals surface area contributed by atoms with Gasteiger partial charge >= 0.3 is 0 Å². The lowest BCUT2D eigenvalue weighted by Gasteiger charge is -2.17. The zero-order chi connectivity index (χ0) is 16.9. The molecule has 0 saturated carbocycles. The molecule has 0 fully saturated rings. The first-order valence-corrected chi connectivity index (χ1v) is 6.86. The van der Waals surface area contributed by atoms with Crippen molar-refractivity contribution < 1.29 is 23.8 Å². The molecule has 0 unspecified atom stereocenters. The van der Waals surface area contributed by atoms with Crippen LogP contribution in [0.15, 0.2) is 12.1 Å². The molecule has 1 N–H and O–H groups in total. The number of hydrogen-bond donors (Lipinski definition) is 1. The lowest BCUT2D eigenvalue weighted by molar-refractivity contribution is -0.125. The van der Waals surface area contributed by atoms with Gasteiger partial charge in [0.2, 0.25) is 5.75 Å². The van der Waals surface area contributed by atoms with Gasteiger partial charge in [-0.25, -0.2) is 0 Å². The number of hydrogen-bond acceptors (Lipinski definition) is 5. The molecule has 0 radical (unpaired) electrons. The van der Waals surface area contributed by atoms with Crippen molar-refractivity contribution in [3.63, 3.8) is 0 Å². The molecule has 0 spiro atoms. The van der Waals surface area contributed by atoms with Crippen LogP contribution >= 0.6 is 0 Å². The third-order valence-corrected chi connectivity index (χ3v) is 3.17. The first-order chi connectivity index (χ1) is 10.2. The number of benzene rings is 1. The molecule has 1 aromatic carbocycles. The molecule has 1 rings (SSSR count). The molecular formula is C16H23NO5. The van der Waals surface area contributed by atoms with Crippen molar-refractivity contribution in [2.45, 2.75) is 20.8 Å². The minimum absolute atomic E-state index is 0.0288. The van der Waals surface area contributed by atoms with Crippen molar-refractivity contribution in [1.82, 2.24) is 5.32 Å². The Balaban J connectivity index is 2.97. The summed E-state index contributed by atoms with van der Waals surface area (Å²) >= 11 is 0. The van der Waals surface area contributed by atoms with E-state index < -0.39 is 5.41 Å². The predicted octanol–water partition coefficient (Wildman–Crippen LogP) is 2.06. The van der Waals surface area contributed by atoms with Crippen LogP contribution in [0.1, 0.15) is 31.1 Å². The third-order valence-electron chi connectivity index (χ3n) is 3.17. The Morgan fingerprint density at radius 2 is 1.50 bits per heavy atom. The van der Waals surface area contributed by atoms with Crippen molar-refractivity contribution in [3.05, 3.63) is 17.7 Å². The first kappa shape index (κ1) is 17.8. The van der Waals surface area contributed by atoms with Crippen LogP contribution in [0.3, 0.4) is 0 Å². The maximum absolute atomic E-state index is 12.2. The lowest BCUT2D eigenvalue weighted by Crippen LogP contribution is -2.35. The van der Waals surface area contributed by atoms with Crippen LogP contribution in [0.2, 0.25) is 0 Å². The number of carbonyl (C=O) groups excluding carboxylic acids is 2. The van der Waals surface area contributed by atoms with Gasteiger partial charge in [0.05, 0.1) is 27.9 Å². The molecule has 1 amide bonds. The molecule has 22 heavy (non-hydrogen) atoms. The highest BCUT2D eigenvalue weighted by atomic mass is 16.5. The standard InChI is InChI=1S/C16H23NO5/c1-16(2,3)13(18)9-17-15(19)10-7-11(20-4)14(22-6)12(8-10)21-5/h7-8H,9H2,1-6H3,(H,17,19). The minimum Gasteiger partial charge on any atom is -0.493 e. The number of Topliss-reactive ketones (excluding diaryl/α,β-unsaturated/α-hetero) is 1. The van der Waals surface area contributed by atoms with Crippen LogP contribution in [0.5, 0.6) is 17.2 Å². The summed E-state index contributed by atoms with van der Waals surface area (Å²) < 4.78 is 15.6. The number of methoxy groups -OCH3 is 3. The van der Waals surface area contributed by atoms with Crippen LogP contribution in [0.4, 0.5) is 0 Å². The fraction of sp³-hybridized carbons (Fsp3) is 0.500. The van der Waals surface area contributed by atoms with Gasteiger partial charge < -0.3 is 19.5 Å². The Morgan fingerprint density at radius 3 is 1.86 bits per heavy atom. The van der Waals surface area contributed by atoms with Crippen molar-refractivity contribution in [1.29, 1.82) is 0 Å². The Kier molecular flexibility index (Phi) is 5.79. The monoisotopic (exact) mass is 309 g/mol. The van der Waals surface area contributed by atoms with Gasteiger partial charge in [0.25, 0.3) is 5.91 Å². The maximum atomic E-state index is 12.2.